The average Bonchev–Trinajstić information content (AvgIpc) is 3.31. The van der Waals surface area contributed by atoms with Gasteiger partial charge in [0.25, 0.3) is 0 Å². The molecular formula is C31H35ClO7S. The van der Waals surface area contributed by atoms with Crippen LogP contribution >= 0.6 is 11.6 Å². The topological polar surface area (TPSA) is 88.1 Å². The molecule has 214 valence electrons. The Morgan fingerprint density at radius 2 is 1.82 bits per heavy atom. The second-order valence-corrected chi connectivity index (χ2v) is 12.8. The molecule has 0 unspecified atom stereocenters. The first-order valence-corrected chi connectivity index (χ1v) is 15.6. The maximum Gasteiger partial charge on any atom is 0.306 e. The van der Waals surface area contributed by atoms with E-state index in [0.717, 1.165) is 44.7 Å². The van der Waals surface area contributed by atoms with Gasteiger partial charge >= 0.3 is 5.97 Å². The van der Waals surface area contributed by atoms with Crippen molar-refractivity contribution in [2.24, 2.45) is 0 Å². The monoisotopic (exact) mass is 586 g/mol. The summed E-state index contributed by atoms with van der Waals surface area (Å²) in [6, 6.07) is 13.9. The molecule has 0 radical (unpaired) electrons. The van der Waals surface area contributed by atoms with Gasteiger partial charge in [0.2, 0.25) is 0 Å². The van der Waals surface area contributed by atoms with Crippen molar-refractivity contribution >= 4 is 27.4 Å². The number of hydrogen-bond acceptors (Lipinski definition) is 7. The lowest BCUT2D eigenvalue weighted by Crippen LogP contribution is -2.09. The van der Waals surface area contributed by atoms with Gasteiger partial charge in [0.1, 0.15) is 33.7 Å². The Bertz CT molecular complexity index is 1490. The van der Waals surface area contributed by atoms with Gasteiger partial charge in [0, 0.05) is 23.8 Å². The highest BCUT2D eigenvalue weighted by Crippen LogP contribution is 2.42. The summed E-state index contributed by atoms with van der Waals surface area (Å²) < 4.78 is 45.5. The lowest BCUT2D eigenvalue weighted by Gasteiger charge is -2.20. The summed E-state index contributed by atoms with van der Waals surface area (Å²) >= 11 is 6.76. The predicted octanol–water partition coefficient (Wildman–Crippen LogP) is 6.36. The van der Waals surface area contributed by atoms with Crippen LogP contribution in [0, 0.1) is 20.8 Å². The van der Waals surface area contributed by atoms with Crippen molar-refractivity contribution < 1.29 is 32.2 Å². The first-order valence-electron chi connectivity index (χ1n) is 13.1. The van der Waals surface area contributed by atoms with E-state index in [1.54, 1.807) is 0 Å². The molecule has 4 rings (SSSR count). The van der Waals surface area contributed by atoms with Crippen LogP contribution in [0.2, 0.25) is 5.02 Å². The Morgan fingerprint density at radius 1 is 1.05 bits per heavy atom. The zero-order valence-corrected chi connectivity index (χ0v) is 25.1. The summed E-state index contributed by atoms with van der Waals surface area (Å²) in [5.74, 6) is 1.82. The average molecular weight is 587 g/mol. The molecule has 0 N–H and O–H groups in total. The fraction of sp³-hybridized carbons (Fsp3) is 0.387. The SMILES string of the molecule is COC(=O)C[C@@H]1COc2cc(OCc3cccc(-c4c(C)c(C)c(OCCCS(C)(=O)=O)c(Cl)c4C)c3)ccc21. The molecule has 1 aliphatic rings. The van der Waals surface area contributed by atoms with Crippen molar-refractivity contribution in [3.05, 3.63) is 75.3 Å². The fourth-order valence-corrected chi connectivity index (χ4v) is 5.90. The molecule has 1 aliphatic heterocycles. The van der Waals surface area contributed by atoms with E-state index in [0.29, 0.717) is 36.2 Å². The normalized spacial score (nSPS) is 14.4. The smallest absolute Gasteiger partial charge is 0.306 e. The molecule has 0 amide bonds. The zero-order valence-electron chi connectivity index (χ0n) is 23.5. The lowest BCUT2D eigenvalue weighted by molar-refractivity contribution is -0.141. The number of sulfone groups is 1. The number of carbonyl (C=O) groups is 1. The van der Waals surface area contributed by atoms with Crippen molar-refractivity contribution in [2.45, 2.75) is 46.1 Å². The highest BCUT2D eigenvalue weighted by Gasteiger charge is 2.27. The molecule has 0 fully saturated rings. The second kappa shape index (κ2) is 12.5. The minimum Gasteiger partial charge on any atom is -0.492 e. The van der Waals surface area contributed by atoms with Gasteiger partial charge in [-0.25, -0.2) is 8.42 Å². The van der Waals surface area contributed by atoms with Gasteiger partial charge in [-0.3, -0.25) is 4.79 Å². The molecule has 0 saturated heterocycles. The van der Waals surface area contributed by atoms with Gasteiger partial charge in [-0.15, -0.1) is 0 Å². The van der Waals surface area contributed by atoms with Crippen LogP contribution in [0.25, 0.3) is 11.1 Å². The number of ether oxygens (including phenoxy) is 4. The van der Waals surface area contributed by atoms with Crippen LogP contribution in [0.3, 0.4) is 0 Å². The van der Waals surface area contributed by atoms with Crippen molar-refractivity contribution in [3.8, 4) is 28.4 Å². The third kappa shape index (κ3) is 6.91. The van der Waals surface area contributed by atoms with E-state index in [1.807, 2.05) is 57.2 Å². The molecule has 0 bridgehead atoms. The maximum atomic E-state index is 11.7. The first kappa shape index (κ1) is 29.7. The molecule has 3 aromatic rings. The van der Waals surface area contributed by atoms with Crippen molar-refractivity contribution in [1.82, 2.24) is 0 Å². The van der Waals surface area contributed by atoms with E-state index in [2.05, 4.69) is 6.07 Å². The molecule has 1 heterocycles. The van der Waals surface area contributed by atoms with Crippen molar-refractivity contribution in [2.75, 3.05) is 32.3 Å². The van der Waals surface area contributed by atoms with Crippen LogP contribution in [-0.2, 0) is 26.0 Å². The minimum atomic E-state index is -3.04. The van der Waals surface area contributed by atoms with E-state index in [1.165, 1.54) is 13.4 Å². The van der Waals surface area contributed by atoms with Crippen molar-refractivity contribution in [1.29, 1.82) is 0 Å². The molecular weight excluding hydrogens is 552 g/mol. The molecule has 3 aromatic carbocycles. The molecule has 0 aliphatic carbocycles. The molecule has 0 aromatic heterocycles. The summed E-state index contributed by atoms with van der Waals surface area (Å²) in [6.07, 6.45) is 1.91. The third-order valence-corrected chi connectivity index (χ3v) is 8.70. The predicted molar refractivity (Wildman–Crippen MR) is 157 cm³/mol. The Balaban J connectivity index is 1.48. The minimum absolute atomic E-state index is 0.0146. The Hall–Kier alpha value is -3.23. The van der Waals surface area contributed by atoms with Crippen LogP contribution in [0.4, 0.5) is 0 Å². The maximum absolute atomic E-state index is 11.7. The largest absolute Gasteiger partial charge is 0.492 e. The number of hydrogen-bond donors (Lipinski definition) is 0. The van der Waals surface area contributed by atoms with Crippen LogP contribution in [0.1, 0.15) is 46.6 Å². The van der Waals surface area contributed by atoms with Gasteiger partial charge in [-0.05, 0) is 72.7 Å². The van der Waals surface area contributed by atoms with Crippen LogP contribution in [0.5, 0.6) is 17.2 Å². The third-order valence-electron chi connectivity index (χ3n) is 7.21. The number of halogens is 1. The summed E-state index contributed by atoms with van der Waals surface area (Å²) in [6.45, 7) is 7.06. The fourth-order valence-electron chi connectivity index (χ4n) is 4.97. The van der Waals surface area contributed by atoms with Gasteiger partial charge in [0.15, 0.2) is 0 Å². The molecule has 7 nitrogen and oxygen atoms in total. The molecule has 40 heavy (non-hydrogen) atoms. The number of esters is 1. The highest BCUT2D eigenvalue weighted by atomic mass is 35.5. The molecule has 9 heteroatoms. The van der Waals surface area contributed by atoms with E-state index < -0.39 is 9.84 Å². The number of rotatable bonds is 11. The van der Waals surface area contributed by atoms with Crippen molar-refractivity contribution in [3.63, 3.8) is 0 Å². The first-order chi connectivity index (χ1) is 19.0. The standard InChI is InChI=1S/C31H35ClO7S/c1-19-20(2)31(37-12-7-13-40(5,34)35)30(32)21(3)29(19)23-9-6-8-22(14-23)17-38-25-10-11-26-24(15-28(33)36-4)18-39-27(26)16-25/h6,8-11,14,16,24H,7,12-13,15,17-18H2,1-5H3/t24-/m1/s1. The Labute approximate surface area is 241 Å². The van der Waals surface area contributed by atoms with Gasteiger partial charge in [-0.1, -0.05) is 35.9 Å². The van der Waals surface area contributed by atoms with Gasteiger partial charge in [-0.2, -0.15) is 0 Å². The molecule has 1 atom stereocenters. The van der Waals surface area contributed by atoms with E-state index in [9.17, 15) is 13.2 Å². The number of benzene rings is 3. The van der Waals surface area contributed by atoms with E-state index in [4.69, 9.17) is 30.5 Å². The summed E-state index contributed by atoms with van der Waals surface area (Å²) in [5, 5.41) is 0.530. The second-order valence-electron chi connectivity index (χ2n) is 10.2. The Kier molecular flexibility index (Phi) is 9.31. The van der Waals surface area contributed by atoms with Crippen LogP contribution in [0.15, 0.2) is 42.5 Å². The Morgan fingerprint density at radius 3 is 2.55 bits per heavy atom. The van der Waals surface area contributed by atoms with Gasteiger partial charge < -0.3 is 18.9 Å². The van der Waals surface area contributed by atoms with Crippen LogP contribution in [-0.4, -0.2) is 46.7 Å². The molecule has 0 spiro atoms. The summed E-state index contributed by atoms with van der Waals surface area (Å²) in [7, 11) is -1.65. The summed E-state index contributed by atoms with van der Waals surface area (Å²) in [4.78, 5) is 11.7. The number of carbonyl (C=O) groups excluding carboxylic acids is 1. The lowest BCUT2D eigenvalue weighted by atomic mass is 9.91. The zero-order chi connectivity index (χ0) is 29.0. The van der Waals surface area contributed by atoms with E-state index >= 15 is 0 Å². The van der Waals surface area contributed by atoms with Crippen LogP contribution < -0.4 is 14.2 Å². The quantitative estimate of drug-likeness (QED) is 0.191. The van der Waals surface area contributed by atoms with E-state index in [-0.39, 0.29) is 30.7 Å². The number of fused-ring (bicyclic) bond motifs is 1. The summed E-state index contributed by atoms with van der Waals surface area (Å²) in [5.41, 5.74) is 6.92. The molecule has 0 saturated carbocycles. The highest BCUT2D eigenvalue weighted by molar-refractivity contribution is 7.90. The number of methoxy groups -OCH3 is 1. The van der Waals surface area contributed by atoms with Gasteiger partial charge in [0.05, 0.1) is 37.5 Å².